The van der Waals surface area contributed by atoms with Gasteiger partial charge in [-0.1, -0.05) is 11.6 Å². The molecule has 0 atom stereocenters. The van der Waals surface area contributed by atoms with Gasteiger partial charge in [0.25, 0.3) is 5.91 Å². The highest BCUT2D eigenvalue weighted by Crippen LogP contribution is 2.23. The lowest BCUT2D eigenvalue weighted by atomic mass is 10.1. The van der Waals surface area contributed by atoms with Crippen molar-refractivity contribution >= 4 is 21.5 Å². The number of methoxy groups -OCH3 is 1. The predicted molar refractivity (Wildman–Crippen MR) is 101 cm³/mol. The Morgan fingerprint density at radius 1 is 1.11 bits per heavy atom. The fourth-order valence-corrected chi connectivity index (χ4v) is 3.90. The average Bonchev–Trinajstić information content (AvgIpc) is 3.45. The molecule has 0 heterocycles. The van der Waals surface area contributed by atoms with E-state index in [9.17, 15) is 18.0 Å². The first-order valence-electron chi connectivity index (χ1n) is 8.61. The maximum absolute atomic E-state index is 12.6. The van der Waals surface area contributed by atoms with E-state index in [0.717, 1.165) is 18.4 Å². The molecule has 1 aliphatic carbocycles. The van der Waals surface area contributed by atoms with Gasteiger partial charge in [0, 0.05) is 11.6 Å². The highest BCUT2D eigenvalue weighted by atomic mass is 32.2. The van der Waals surface area contributed by atoms with Gasteiger partial charge in [-0.05, 0) is 56.2 Å². The molecule has 6 nitrogen and oxygen atoms in total. The maximum atomic E-state index is 12.6. The summed E-state index contributed by atoms with van der Waals surface area (Å²) in [4.78, 5) is 24.5. The second-order valence-electron chi connectivity index (χ2n) is 6.66. The summed E-state index contributed by atoms with van der Waals surface area (Å²) in [6, 6.07) is 10.9. The van der Waals surface area contributed by atoms with Crippen molar-refractivity contribution in [1.29, 1.82) is 0 Å². The largest absolute Gasteiger partial charge is 0.496 e. The summed E-state index contributed by atoms with van der Waals surface area (Å²) < 4.78 is 30.4. The molecule has 2 aromatic carbocycles. The number of sulfone groups is 1. The van der Waals surface area contributed by atoms with Gasteiger partial charge in [-0.3, -0.25) is 9.59 Å². The van der Waals surface area contributed by atoms with Gasteiger partial charge in [0.2, 0.25) is 0 Å². The summed E-state index contributed by atoms with van der Waals surface area (Å²) in [6.45, 7) is 1.82. The van der Waals surface area contributed by atoms with Crippen molar-refractivity contribution in [2.45, 2.75) is 30.7 Å². The standard InChI is InChI=1S/C20H21NO5S/c1-13-3-10-19(26-2)17(11-13)18(22)12-27(24,25)16-8-4-14(5-9-16)20(23)21-15-6-7-15/h3-5,8-11,15H,6-7,12H2,1-2H3,(H,21,23). The van der Waals surface area contributed by atoms with Crippen LogP contribution in [0.25, 0.3) is 0 Å². The molecule has 0 aliphatic heterocycles. The molecule has 7 heteroatoms. The van der Waals surface area contributed by atoms with Gasteiger partial charge in [-0.25, -0.2) is 8.42 Å². The Morgan fingerprint density at radius 3 is 2.37 bits per heavy atom. The average molecular weight is 387 g/mol. The third kappa shape index (κ3) is 4.54. The molecule has 3 rings (SSSR count). The Hall–Kier alpha value is -2.67. The lowest BCUT2D eigenvalue weighted by molar-refractivity contribution is 0.0949. The molecule has 0 unspecified atom stereocenters. The van der Waals surface area contributed by atoms with E-state index < -0.39 is 21.4 Å². The lowest BCUT2D eigenvalue weighted by Gasteiger charge is -2.10. The fourth-order valence-electron chi connectivity index (χ4n) is 2.68. The smallest absolute Gasteiger partial charge is 0.251 e. The van der Waals surface area contributed by atoms with Crippen LogP contribution in [0.1, 0.15) is 39.1 Å². The number of rotatable bonds is 7. The van der Waals surface area contributed by atoms with Crippen LogP contribution < -0.4 is 10.1 Å². The van der Waals surface area contributed by atoms with Gasteiger partial charge in [0.05, 0.1) is 17.6 Å². The molecule has 0 bridgehead atoms. The summed E-state index contributed by atoms with van der Waals surface area (Å²) in [5, 5.41) is 2.84. The monoisotopic (exact) mass is 387 g/mol. The van der Waals surface area contributed by atoms with E-state index in [2.05, 4.69) is 5.32 Å². The molecule has 1 N–H and O–H groups in total. The molecular weight excluding hydrogens is 366 g/mol. The molecule has 0 spiro atoms. The number of aryl methyl sites for hydroxylation is 1. The minimum Gasteiger partial charge on any atom is -0.496 e. The van der Waals surface area contributed by atoms with E-state index in [1.807, 2.05) is 6.92 Å². The van der Waals surface area contributed by atoms with Crippen molar-refractivity contribution in [3.8, 4) is 5.75 Å². The van der Waals surface area contributed by atoms with Crippen molar-refractivity contribution in [2.24, 2.45) is 0 Å². The highest BCUT2D eigenvalue weighted by molar-refractivity contribution is 7.92. The zero-order valence-corrected chi connectivity index (χ0v) is 16.0. The second kappa shape index (κ2) is 7.52. The van der Waals surface area contributed by atoms with E-state index in [1.54, 1.807) is 18.2 Å². The van der Waals surface area contributed by atoms with Gasteiger partial charge in [-0.15, -0.1) is 0 Å². The molecule has 1 aliphatic rings. The first-order valence-corrected chi connectivity index (χ1v) is 10.3. The van der Waals surface area contributed by atoms with Crippen LogP contribution in [0.3, 0.4) is 0 Å². The predicted octanol–water partition coefficient (Wildman–Crippen LogP) is 2.55. The Bertz CT molecular complexity index is 976. The van der Waals surface area contributed by atoms with Crippen LogP contribution in [-0.2, 0) is 9.84 Å². The number of hydrogen-bond acceptors (Lipinski definition) is 5. The van der Waals surface area contributed by atoms with Crippen molar-refractivity contribution in [3.63, 3.8) is 0 Å². The number of benzene rings is 2. The first-order chi connectivity index (χ1) is 12.8. The normalized spacial score (nSPS) is 13.9. The lowest BCUT2D eigenvalue weighted by Crippen LogP contribution is -2.25. The number of ketones is 1. The van der Waals surface area contributed by atoms with Crippen LogP contribution >= 0.6 is 0 Å². The van der Waals surface area contributed by atoms with Gasteiger partial charge in [0.1, 0.15) is 11.5 Å². The number of amides is 1. The molecular formula is C20H21NO5S. The van der Waals surface area contributed by atoms with Crippen molar-refractivity contribution in [2.75, 3.05) is 12.9 Å². The Morgan fingerprint density at radius 2 is 1.78 bits per heavy atom. The number of carbonyl (C=O) groups excluding carboxylic acids is 2. The summed E-state index contributed by atoms with van der Waals surface area (Å²) in [7, 11) is -2.40. The Kier molecular flexibility index (Phi) is 5.32. The molecule has 0 saturated heterocycles. The van der Waals surface area contributed by atoms with E-state index in [4.69, 9.17) is 4.74 Å². The second-order valence-corrected chi connectivity index (χ2v) is 8.65. The highest BCUT2D eigenvalue weighted by Gasteiger charge is 2.25. The van der Waals surface area contributed by atoms with Crippen molar-refractivity contribution in [3.05, 3.63) is 59.2 Å². The van der Waals surface area contributed by atoms with Crippen LogP contribution in [0, 0.1) is 6.92 Å². The van der Waals surface area contributed by atoms with Gasteiger partial charge < -0.3 is 10.1 Å². The first kappa shape index (κ1) is 19.1. The quantitative estimate of drug-likeness (QED) is 0.738. The Balaban J connectivity index is 1.77. The van der Waals surface area contributed by atoms with E-state index >= 15 is 0 Å². The van der Waals surface area contributed by atoms with Gasteiger partial charge >= 0.3 is 0 Å². The number of Topliss-reactive ketones (excluding diaryl/α,β-unsaturated/α-hetero) is 1. The minimum atomic E-state index is -3.84. The summed E-state index contributed by atoms with van der Waals surface area (Å²) in [6.07, 6.45) is 1.95. The number of nitrogens with one attached hydrogen (secondary N) is 1. The van der Waals surface area contributed by atoms with Crippen molar-refractivity contribution < 1.29 is 22.7 Å². The topological polar surface area (TPSA) is 89.5 Å². The van der Waals surface area contributed by atoms with E-state index in [-0.39, 0.29) is 22.4 Å². The van der Waals surface area contributed by atoms with Crippen LogP contribution in [-0.4, -0.2) is 39.0 Å². The van der Waals surface area contributed by atoms with Crippen LogP contribution in [0.4, 0.5) is 0 Å². The van der Waals surface area contributed by atoms with Gasteiger partial charge in [0.15, 0.2) is 15.6 Å². The third-order valence-electron chi connectivity index (χ3n) is 4.36. The van der Waals surface area contributed by atoms with Crippen LogP contribution in [0.15, 0.2) is 47.4 Å². The zero-order chi connectivity index (χ0) is 19.6. The Labute approximate surface area is 158 Å². The maximum Gasteiger partial charge on any atom is 0.251 e. The molecule has 2 aromatic rings. The summed E-state index contributed by atoms with van der Waals surface area (Å²) >= 11 is 0. The van der Waals surface area contributed by atoms with E-state index in [1.165, 1.54) is 31.4 Å². The van der Waals surface area contributed by atoms with Crippen LogP contribution in [0.5, 0.6) is 5.75 Å². The molecule has 142 valence electrons. The molecule has 0 radical (unpaired) electrons. The third-order valence-corrected chi connectivity index (χ3v) is 6.00. The number of hydrogen-bond donors (Lipinski definition) is 1. The summed E-state index contributed by atoms with van der Waals surface area (Å²) in [5.41, 5.74) is 1.47. The van der Waals surface area contributed by atoms with Crippen molar-refractivity contribution in [1.82, 2.24) is 5.32 Å². The molecule has 0 aromatic heterocycles. The molecule has 1 amide bonds. The molecule has 1 saturated carbocycles. The number of carbonyl (C=O) groups is 2. The number of ether oxygens (including phenoxy) is 1. The SMILES string of the molecule is COc1ccc(C)cc1C(=O)CS(=O)(=O)c1ccc(C(=O)NC2CC2)cc1. The molecule has 1 fully saturated rings. The zero-order valence-electron chi connectivity index (χ0n) is 15.2. The van der Waals surface area contributed by atoms with E-state index in [0.29, 0.717) is 11.3 Å². The fraction of sp³-hybridized carbons (Fsp3) is 0.300. The van der Waals surface area contributed by atoms with Crippen LogP contribution in [0.2, 0.25) is 0 Å². The minimum absolute atomic E-state index is 0.00504. The summed E-state index contributed by atoms with van der Waals surface area (Å²) in [5.74, 6) is -1.08. The van der Waals surface area contributed by atoms with Gasteiger partial charge in [-0.2, -0.15) is 0 Å². The molecule has 27 heavy (non-hydrogen) atoms.